The minimum absolute atomic E-state index is 0.121. The topological polar surface area (TPSA) is 32.3 Å². The number of nitrogens with zero attached hydrogens (tertiary/aromatic N) is 1. The molecule has 0 radical (unpaired) electrons. The summed E-state index contributed by atoms with van der Waals surface area (Å²) in [6.45, 7) is 3.79. The van der Waals surface area contributed by atoms with Crippen molar-refractivity contribution in [3.63, 3.8) is 0 Å². The maximum Gasteiger partial charge on any atom is 0.262 e. The number of allylic oxidation sites excluding steroid dienone is 1. The molecule has 0 aliphatic carbocycles. The molecule has 108 valence electrons. The molecule has 0 heterocycles. The van der Waals surface area contributed by atoms with Gasteiger partial charge in [-0.05, 0) is 37.1 Å². The zero-order valence-electron chi connectivity index (χ0n) is 12.6. The van der Waals surface area contributed by atoms with Crippen LogP contribution >= 0.6 is 0 Å². The summed E-state index contributed by atoms with van der Waals surface area (Å²) in [7, 11) is 1.83. The summed E-state index contributed by atoms with van der Waals surface area (Å²) in [6.07, 6.45) is 1.58. The molecule has 0 saturated heterocycles. The van der Waals surface area contributed by atoms with Gasteiger partial charge in [-0.15, -0.1) is 0 Å². The highest BCUT2D eigenvalue weighted by molar-refractivity contribution is 5.89. The third-order valence-corrected chi connectivity index (χ3v) is 3.06. The number of benzene rings is 2. The highest BCUT2D eigenvalue weighted by atomic mass is 16.2. The fourth-order valence-corrected chi connectivity index (χ4v) is 2.03. The molecule has 1 amide bonds. The first kappa shape index (κ1) is 14.9. The van der Waals surface area contributed by atoms with E-state index < -0.39 is 0 Å². The summed E-state index contributed by atoms with van der Waals surface area (Å²) >= 11 is 0. The van der Waals surface area contributed by atoms with E-state index in [4.69, 9.17) is 0 Å². The van der Waals surface area contributed by atoms with Crippen molar-refractivity contribution in [2.24, 2.45) is 0 Å². The molecule has 0 aliphatic rings. The summed E-state index contributed by atoms with van der Waals surface area (Å²) in [6, 6.07) is 18.3. The zero-order valence-corrected chi connectivity index (χ0v) is 12.6. The molecule has 0 unspecified atom stereocenters. The van der Waals surface area contributed by atoms with Crippen LogP contribution in [-0.2, 0) is 4.79 Å². The number of hydrogen-bond acceptors (Lipinski definition) is 2. The summed E-state index contributed by atoms with van der Waals surface area (Å²) < 4.78 is 0. The largest absolute Gasteiger partial charge is 0.288 e. The van der Waals surface area contributed by atoms with Gasteiger partial charge in [0.25, 0.3) is 5.91 Å². The third kappa shape index (κ3) is 4.21. The SMILES string of the molecule is CC(C)=CC(=O)NN(C)c1ccc(-c2ccccc2)cc1. The van der Waals surface area contributed by atoms with Crippen LogP contribution in [0.25, 0.3) is 11.1 Å². The standard InChI is InChI=1S/C18H20N2O/c1-14(2)13-18(21)19-20(3)17-11-9-16(10-12-17)15-7-5-4-6-8-15/h4-13H,1-3H3,(H,19,21). The summed E-state index contributed by atoms with van der Waals surface area (Å²) in [4.78, 5) is 11.7. The maximum absolute atomic E-state index is 11.7. The third-order valence-electron chi connectivity index (χ3n) is 3.06. The van der Waals surface area contributed by atoms with Gasteiger partial charge in [-0.3, -0.25) is 15.2 Å². The van der Waals surface area contributed by atoms with Gasteiger partial charge in [0.05, 0.1) is 5.69 Å². The normalized spacial score (nSPS) is 9.86. The Hall–Kier alpha value is -2.55. The van der Waals surface area contributed by atoms with Crippen molar-refractivity contribution in [2.75, 3.05) is 12.1 Å². The highest BCUT2D eigenvalue weighted by Gasteiger charge is 2.04. The minimum Gasteiger partial charge on any atom is -0.288 e. The maximum atomic E-state index is 11.7. The zero-order chi connectivity index (χ0) is 15.2. The lowest BCUT2D eigenvalue weighted by Crippen LogP contribution is -2.38. The Morgan fingerprint density at radius 3 is 2.10 bits per heavy atom. The van der Waals surface area contributed by atoms with E-state index in [1.54, 1.807) is 11.1 Å². The lowest BCUT2D eigenvalue weighted by molar-refractivity contribution is -0.116. The fourth-order valence-electron chi connectivity index (χ4n) is 2.03. The van der Waals surface area contributed by atoms with Gasteiger partial charge >= 0.3 is 0 Å². The second-order valence-corrected chi connectivity index (χ2v) is 5.17. The Balaban J connectivity index is 2.08. The molecular weight excluding hydrogens is 260 g/mol. The van der Waals surface area contributed by atoms with Crippen LogP contribution in [0.3, 0.4) is 0 Å². The van der Waals surface area contributed by atoms with E-state index in [9.17, 15) is 4.79 Å². The van der Waals surface area contributed by atoms with Gasteiger partial charge in [-0.1, -0.05) is 48.0 Å². The van der Waals surface area contributed by atoms with Crippen LogP contribution in [-0.4, -0.2) is 13.0 Å². The molecule has 2 rings (SSSR count). The van der Waals surface area contributed by atoms with Crippen molar-refractivity contribution in [1.82, 2.24) is 5.43 Å². The van der Waals surface area contributed by atoms with E-state index >= 15 is 0 Å². The molecule has 0 bridgehead atoms. The minimum atomic E-state index is -0.121. The molecule has 3 nitrogen and oxygen atoms in total. The average Bonchev–Trinajstić information content (AvgIpc) is 2.47. The van der Waals surface area contributed by atoms with Crippen molar-refractivity contribution < 1.29 is 4.79 Å². The first-order chi connectivity index (χ1) is 10.1. The van der Waals surface area contributed by atoms with Crippen molar-refractivity contribution in [2.45, 2.75) is 13.8 Å². The Bertz CT molecular complexity index is 626. The molecule has 1 N–H and O–H groups in total. The summed E-state index contributed by atoms with van der Waals surface area (Å²) in [5, 5.41) is 1.72. The van der Waals surface area contributed by atoms with Crippen LogP contribution in [0.4, 0.5) is 5.69 Å². The lowest BCUT2D eigenvalue weighted by Gasteiger charge is -2.19. The second kappa shape index (κ2) is 6.75. The second-order valence-electron chi connectivity index (χ2n) is 5.17. The van der Waals surface area contributed by atoms with E-state index in [2.05, 4.69) is 17.6 Å². The van der Waals surface area contributed by atoms with Crippen molar-refractivity contribution >= 4 is 11.6 Å². The number of carbonyl (C=O) groups excluding carboxylic acids is 1. The van der Waals surface area contributed by atoms with Crippen LogP contribution in [0.15, 0.2) is 66.2 Å². The first-order valence-electron chi connectivity index (χ1n) is 6.91. The van der Waals surface area contributed by atoms with Gasteiger partial charge in [0.1, 0.15) is 0 Å². The van der Waals surface area contributed by atoms with Crippen molar-refractivity contribution in [3.8, 4) is 11.1 Å². The monoisotopic (exact) mass is 280 g/mol. The Morgan fingerprint density at radius 2 is 1.52 bits per heavy atom. The lowest BCUT2D eigenvalue weighted by atomic mass is 10.1. The predicted molar refractivity (Wildman–Crippen MR) is 87.9 cm³/mol. The number of carbonyl (C=O) groups is 1. The number of nitrogens with one attached hydrogen (secondary N) is 1. The molecule has 21 heavy (non-hydrogen) atoms. The van der Waals surface area contributed by atoms with E-state index in [1.807, 2.05) is 63.4 Å². The molecule has 2 aromatic rings. The Morgan fingerprint density at radius 1 is 0.952 bits per heavy atom. The quantitative estimate of drug-likeness (QED) is 0.682. The summed E-state index contributed by atoms with van der Waals surface area (Å²) in [5.41, 5.74) is 7.05. The van der Waals surface area contributed by atoms with Gasteiger partial charge in [0.15, 0.2) is 0 Å². The van der Waals surface area contributed by atoms with Crippen LogP contribution in [0.5, 0.6) is 0 Å². The Labute approximate surface area is 125 Å². The van der Waals surface area contributed by atoms with E-state index in [1.165, 1.54) is 5.56 Å². The molecule has 0 saturated carbocycles. The van der Waals surface area contributed by atoms with E-state index in [0.717, 1.165) is 16.8 Å². The van der Waals surface area contributed by atoms with Crippen LogP contribution in [0.1, 0.15) is 13.8 Å². The number of anilines is 1. The molecule has 2 aromatic carbocycles. The fraction of sp³-hybridized carbons (Fsp3) is 0.167. The van der Waals surface area contributed by atoms with Crippen molar-refractivity contribution in [3.05, 3.63) is 66.2 Å². The highest BCUT2D eigenvalue weighted by Crippen LogP contribution is 2.21. The first-order valence-corrected chi connectivity index (χ1v) is 6.91. The van der Waals surface area contributed by atoms with Crippen LogP contribution < -0.4 is 10.4 Å². The molecule has 0 aliphatic heterocycles. The van der Waals surface area contributed by atoms with Gasteiger partial charge in [0, 0.05) is 13.1 Å². The number of hydrazine groups is 1. The van der Waals surface area contributed by atoms with E-state index in [-0.39, 0.29) is 5.91 Å². The van der Waals surface area contributed by atoms with Crippen LogP contribution in [0, 0.1) is 0 Å². The molecular formula is C18H20N2O. The molecule has 3 heteroatoms. The number of hydrogen-bond donors (Lipinski definition) is 1. The van der Waals surface area contributed by atoms with Crippen molar-refractivity contribution in [1.29, 1.82) is 0 Å². The smallest absolute Gasteiger partial charge is 0.262 e. The van der Waals surface area contributed by atoms with E-state index in [0.29, 0.717) is 0 Å². The summed E-state index contributed by atoms with van der Waals surface area (Å²) in [5.74, 6) is -0.121. The molecule has 0 fully saturated rings. The van der Waals surface area contributed by atoms with Gasteiger partial charge in [-0.25, -0.2) is 0 Å². The van der Waals surface area contributed by atoms with Gasteiger partial charge < -0.3 is 0 Å². The predicted octanol–water partition coefficient (Wildman–Crippen LogP) is 3.79. The number of rotatable bonds is 4. The van der Waals surface area contributed by atoms with Gasteiger partial charge in [-0.2, -0.15) is 0 Å². The van der Waals surface area contributed by atoms with Gasteiger partial charge in [0.2, 0.25) is 0 Å². The molecule has 0 aromatic heterocycles. The molecule has 0 spiro atoms. The Kier molecular flexibility index (Phi) is 4.77. The average molecular weight is 280 g/mol. The number of amides is 1. The molecule has 0 atom stereocenters. The van der Waals surface area contributed by atoms with Crippen LogP contribution in [0.2, 0.25) is 0 Å².